The van der Waals surface area contributed by atoms with Gasteiger partial charge in [-0.25, -0.2) is 0 Å². The van der Waals surface area contributed by atoms with Crippen LogP contribution in [-0.2, 0) is 4.79 Å². The summed E-state index contributed by atoms with van der Waals surface area (Å²) in [5.74, 6) is 2.46. The lowest BCUT2D eigenvalue weighted by Gasteiger charge is -2.30. The highest BCUT2D eigenvalue weighted by atomic mass is 16.1. The van der Waals surface area contributed by atoms with E-state index in [2.05, 4.69) is 20.8 Å². The van der Waals surface area contributed by atoms with Gasteiger partial charge in [-0.05, 0) is 37.5 Å². The van der Waals surface area contributed by atoms with Crippen LogP contribution in [0.4, 0.5) is 0 Å². The number of hydrogen-bond donors (Lipinski definition) is 0. The number of carbonyl (C=O) groups excluding carboxylic acids is 1. The lowest BCUT2D eigenvalue weighted by atomic mass is 9.74. The molecule has 0 amide bonds. The summed E-state index contributed by atoms with van der Waals surface area (Å²) in [7, 11) is 0. The molecule has 21 heavy (non-hydrogen) atoms. The number of ketones is 1. The van der Waals surface area contributed by atoms with E-state index in [4.69, 9.17) is 0 Å². The van der Waals surface area contributed by atoms with Gasteiger partial charge in [0.2, 0.25) is 0 Å². The Morgan fingerprint density at radius 1 is 0.762 bits per heavy atom. The van der Waals surface area contributed by atoms with Crippen LogP contribution in [0.5, 0.6) is 0 Å². The van der Waals surface area contributed by atoms with E-state index < -0.39 is 0 Å². The van der Waals surface area contributed by atoms with Crippen LogP contribution in [0.2, 0.25) is 0 Å². The standard InChI is InChI=1S/C20H38O/c1-4-5-6-7-8-9-10-11-12-13-20(21)19-15-17(2)14-18(3)16-19/h17-19H,4-16H2,1-3H3. The summed E-state index contributed by atoms with van der Waals surface area (Å²) in [6, 6.07) is 0. The molecule has 1 aliphatic carbocycles. The molecular weight excluding hydrogens is 256 g/mol. The van der Waals surface area contributed by atoms with Crippen molar-refractivity contribution in [3.63, 3.8) is 0 Å². The van der Waals surface area contributed by atoms with E-state index in [1.165, 1.54) is 57.8 Å². The van der Waals surface area contributed by atoms with Crippen molar-refractivity contribution in [2.24, 2.45) is 17.8 Å². The van der Waals surface area contributed by atoms with E-state index in [9.17, 15) is 4.79 Å². The number of hydrogen-bond acceptors (Lipinski definition) is 1. The Labute approximate surface area is 133 Å². The maximum absolute atomic E-state index is 12.3. The van der Waals surface area contributed by atoms with Crippen molar-refractivity contribution in [2.75, 3.05) is 0 Å². The van der Waals surface area contributed by atoms with E-state index in [0.717, 1.165) is 37.5 Å². The molecule has 0 aromatic carbocycles. The summed E-state index contributed by atoms with van der Waals surface area (Å²) in [6.45, 7) is 6.90. The maximum atomic E-state index is 12.3. The molecule has 1 aliphatic rings. The highest BCUT2D eigenvalue weighted by Crippen LogP contribution is 2.34. The van der Waals surface area contributed by atoms with Crippen molar-refractivity contribution in [2.45, 2.75) is 104 Å². The molecule has 0 radical (unpaired) electrons. The Bertz CT molecular complexity index is 261. The Balaban J connectivity index is 1.98. The fraction of sp³-hybridized carbons (Fsp3) is 0.950. The van der Waals surface area contributed by atoms with Crippen LogP contribution in [0.1, 0.15) is 104 Å². The first-order valence-electron chi connectivity index (χ1n) is 9.66. The number of rotatable bonds is 11. The molecule has 0 saturated heterocycles. The van der Waals surface area contributed by atoms with Crippen LogP contribution in [0.3, 0.4) is 0 Å². The SMILES string of the molecule is CCCCCCCCCCCC(=O)C1CC(C)CC(C)C1. The Morgan fingerprint density at radius 2 is 1.24 bits per heavy atom. The van der Waals surface area contributed by atoms with E-state index >= 15 is 0 Å². The molecule has 0 heterocycles. The average molecular weight is 295 g/mol. The first-order chi connectivity index (χ1) is 10.1. The van der Waals surface area contributed by atoms with Gasteiger partial charge in [0.05, 0.1) is 0 Å². The number of Topliss-reactive ketones (excluding diaryl/α,β-unsaturated/α-hetero) is 1. The highest BCUT2D eigenvalue weighted by Gasteiger charge is 2.28. The summed E-state index contributed by atoms with van der Waals surface area (Å²) >= 11 is 0. The van der Waals surface area contributed by atoms with Gasteiger partial charge >= 0.3 is 0 Å². The zero-order chi connectivity index (χ0) is 15.5. The number of unbranched alkanes of at least 4 members (excludes halogenated alkanes) is 8. The molecule has 1 fully saturated rings. The topological polar surface area (TPSA) is 17.1 Å². The van der Waals surface area contributed by atoms with Crippen molar-refractivity contribution in [3.8, 4) is 0 Å². The predicted octanol–water partition coefficient (Wildman–Crippen LogP) is 6.55. The minimum absolute atomic E-state index is 0.387. The summed E-state index contributed by atoms with van der Waals surface area (Å²) in [5.41, 5.74) is 0. The van der Waals surface area contributed by atoms with Crippen molar-refractivity contribution < 1.29 is 4.79 Å². The molecule has 0 spiro atoms. The zero-order valence-electron chi connectivity index (χ0n) is 14.8. The van der Waals surface area contributed by atoms with Crippen LogP contribution in [0.25, 0.3) is 0 Å². The van der Waals surface area contributed by atoms with E-state index in [0.29, 0.717) is 11.7 Å². The lowest BCUT2D eigenvalue weighted by molar-refractivity contribution is -0.124. The monoisotopic (exact) mass is 294 g/mol. The molecule has 0 bridgehead atoms. The molecule has 1 rings (SSSR count). The summed E-state index contributed by atoms with van der Waals surface area (Å²) in [6.07, 6.45) is 16.5. The molecule has 1 saturated carbocycles. The minimum atomic E-state index is 0.387. The van der Waals surface area contributed by atoms with Gasteiger partial charge in [0, 0.05) is 12.3 Å². The molecule has 124 valence electrons. The van der Waals surface area contributed by atoms with Gasteiger partial charge in [-0.15, -0.1) is 0 Å². The predicted molar refractivity (Wildman–Crippen MR) is 92.5 cm³/mol. The summed E-state index contributed by atoms with van der Waals surface area (Å²) in [5, 5.41) is 0. The first kappa shape index (κ1) is 18.7. The smallest absolute Gasteiger partial charge is 0.135 e. The van der Waals surface area contributed by atoms with Gasteiger partial charge in [-0.2, -0.15) is 0 Å². The second-order valence-corrected chi connectivity index (χ2v) is 7.66. The normalized spacial score (nSPS) is 26.0. The fourth-order valence-electron chi connectivity index (χ4n) is 4.02. The Kier molecular flexibility index (Phi) is 10.0. The van der Waals surface area contributed by atoms with Gasteiger partial charge in [-0.1, -0.05) is 72.1 Å². The molecule has 0 aromatic rings. The summed E-state index contributed by atoms with van der Waals surface area (Å²) in [4.78, 5) is 12.3. The Hall–Kier alpha value is -0.330. The van der Waals surface area contributed by atoms with Crippen LogP contribution in [0, 0.1) is 17.8 Å². The van der Waals surface area contributed by atoms with Gasteiger partial charge in [0.1, 0.15) is 5.78 Å². The second-order valence-electron chi connectivity index (χ2n) is 7.66. The molecule has 1 heteroatoms. The Morgan fingerprint density at radius 3 is 1.76 bits per heavy atom. The van der Waals surface area contributed by atoms with E-state index in [-0.39, 0.29) is 0 Å². The van der Waals surface area contributed by atoms with Crippen LogP contribution in [-0.4, -0.2) is 5.78 Å². The number of carbonyl (C=O) groups is 1. The molecule has 0 aliphatic heterocycles. The molecule has 0 N–H and O–H groups in total. The lowest BCUT2D eigenvalue weighted by Crippen LogP contribution is -2.25. The molecular formula is C20H38O. The molecule has 0 aromatic heterocycles. The first-order valence-corrected chi connectivity index (χ1v) is 9.66. The average Bonchev–Trinajstić information content (AvgIpc) is 2.44. The molecule has 2 unspecified atom stereocenters. The van der Waals surface area contributed by atoms with Gasteiger partial charge in [-0.3, -0.25) is 4.79 Å². The van der Waals surface area contributed by atoms with Gasteiger partial charge in [0.25, 0.3) is 0 Å². The van der Waals surface area contributed by atoms with Crippen molar-refractivity contribution in [3.05, 3.63) is 0 Å². The van der Waals surface area contributed by atoms with Crippen LogP contribution >= 0.6 is 0 Å². The van der Waals surface area contributed by atoms with Gasteiger partial charge in [0.15, 0.2) is 0 Å². The fourth-order valence-corrected chi connectivity index (χ4v) is 4.02. The quantitative estimate of drug-likeness (QED) is 0.395. The third-order valence-corrected chi connectivity index (χ3v) is 5.16. The van der Waals surface area contributed by atoms with Crippen LogP contribution in [0.15, 0.2) is 0 Å². The maximum Gasteiger partial charge on any atom is 0.135 e. The van der Waals surface area contributed by atoms with Crippen molar-refractivity contribution >= 4 is 5.78 Å². The molecule has 1 nitrogen and oxygen atoms in total. The van der Waals surface area contributed by atoms with Gasteiger partial charge < -0.3 is 0 Å². The minimum Gasteiger partial charge on any atom is -0.299 e. The van der Waals surface area contributed by atoms with Crippen molar-refractivity contribution in [1.82, 2.24) is 0 Å². The van der Waals surface area contributed by atoms with E-state index in [1.54, 1.807) is 0 Å². The third kappa shape index (κ3) is 8.63. The third-order valence-electron chi connectivity index (χ3n) is 5.16. The van der Waals surface area contributed by atoms with Crippen LogP contribution < -0.4 is 0 Å². The highest BCUT2D eigenvalue weighted by molar-refractivity contribution is 5.81. The molecule has 2 atom stereocenters. The van der Waals surface area contributed by atoms with E-state index in [1.807, 2.05) is 0 Å². The zero-order valence-corrected chi connectivity index (χ0v) is 14.8. The largest absolute Gasteiger partial charge is 0.299 e. The van der Waals surface area contributed by atoms with Crippen molar-refractivity contribution in [1.29, 1.82) is 0 Å². The summed E-state index contributed by atoms with van der Waals surface area (Å²) < 4.78 is 0. The second kappa shape index (κ2) is 11.3.